The second-order valence-corrected chi connectivity index (χ2v) is 5.18. The first-order valence-corrected chi connectivity index (χ1v) is 7.10. The normalized spacial score (nSPS) is 15.1. The maximum Gasteiger partial charge on any atom is 0.338 e. The molecule has 0 unspecified atom stereocenters. The summed E-state index contributed by atoms with van der Waals surface area (Å²) in [7, 11) is 1.17. The van der Waals surface area contributed by atoms with Gasteiger partial charge in [0.1, 0.15) is 6.10 Å². The fourth-order valence-corrected chi connectivity index (χ4v) is 2.47. The van der Waals surface area contributed by atoms with Gasteiger partial charge >= 0.3 is 11.9 Å². The van der Waals surface area contributed by atoms with Crippen molar-refractivity contribution in [1.82, 2.24) is 0 Å². The first-order valence-electron chi connectivity index (χ1n) is 7.10. The third-order valence-electron chi connectivity index (χ3n) is 3.61. The molecule has 1 saturated carbocycles. The Morgan fingerprint density at radius 3 is 2.23 bits per heavy atom. The van der Waals surface area contributed by atoms with E-state index in [4.69, 9.17) is 4.74 Å². The molecule has 0 spiro atoms. The molecular weight excluding hydrogens is 290 g/mol. The van der Waals surface area contributed by atoms with E-state index in [9.17, 15) is 19.7 Å². The zero-order valence-electron chi connectivity index (χ0n) is 12.2. The summed E-state index contributed by atoms with van der Waals surface area (Å²) in [5.41, 5.74) is -0.411. The first kappa shape index (κ1) is 15.9. The molecule has 0 bridgehead atoms. The van der Waals surface area contributed by atoms with Crippen LogP contribution in [0.25, 0.3) is 0 Å². The number of rotatable bonds is 4. The molecule has 0 amide bonds. The second-order valence-electron chi connectivity index (χ2n) is 5.18. The molecule has 0 N–H and O–H groups in total. The van der Waals surface area contributed by atoms with E-state index in [1.54, 1.807) is 0 Å². The summed E-state index contributed by atoms with van der Waals surface area (Å²) >= 11 is 0. The van der Waals surface area contributed by atoms with Crippen LogP contribution >= 0.6 is 0 Å². The molecule has 1 fully saturated rings. The summed E-state index contributed by atoms with van der Waals surface area (Å²) < 4.78 is 9.91. The quantitative estimate of drug-likeness (QED) is 0.482. The Morgan fingerprint density at radius 1 is 1.09 bits per heavy atom. The number of hydrogen-bond acceptors (Lipinski definition) is 6. The highest BCUT2D eigenvalue weighted by Crippen LogP contribution is 2.23. The average molecular weight is 307 g/mol. The molecule has 22 heavy (non-hydrogen) atoms. The number of benzene rings is 1. The monoisotopic (exact) mass is 307 g/mol. The molecule has 1 aliphatic carbocycles. The Hall–Kier alpha value is -2.44. The Labute approximate surface area is 127 Å². The molecule has 0 radical (unpaired) electrons. The number of nitrogens with zero attached hydrogens (tertiary/aromatic N) is 1. The molecule has 1 aromatic carbocycles. The van der Waals surface area contributed by atoms with Gasteiger partial charge in [-0.25, -0.2) is 9.59 Å². The Balaban J connectivity index is 2.24. The van der Waals surface area contributed by atoms with Crippen LogP contribution in [0, 0.1) is 10.1 Å². The molecule has 0 atom stereocenters. The molecule has 0 saturated heterocycles. The fraction of sp³-hybridized carbons (Fsp3) is 0.467. The van der Waals surface area contributed by atoms with Crippen LogP contribution in [-0.4, -0.2) is 30.1 Å². The van der Waals surface area contributed by atoms with Gasteiger partial charge in [-0.1, -0.05) is 6.42 Å². The summed E-state index contributed by atoms with van der Waals surface area (Å²) in [6, 6.07) is 3.44. The molecule has 0 heterocycles. The minimum atomic E-state index is -0.740. The highest BCUT2D eigenvalue weighted by atomic mass is 16.6. The van der Waals surface area contributed by atoms with Crippen molar-refractivity contribution in [2.24, 2.45) is 0 Å². The molecule has 0 aliphatic heterocycles. The van der Waals surface area contributed by atoms with Crippen LogP contribution in [0.5, 0.6) is 0 Å². The number of ether oxygens (including phenoxy) is 2. The van der Waals surface area contributed by atoms with Gasteiger partial charge in [-0.3, -0.25) is 10.1 Å². The molecular formula is C15H17NO6. The minimum Gasteiger partial charge on any atom is -0.465 e. The zero-order chi connectivity index (χ0) is 16.1. The van der Waals surface area contributed by atoms with Gasteiger partial charge in [0.2, 0.25) is 0 Å². The molecule has 118 valence electrons. The first-order chi connectivity index (χ1) is 10.5. The van der Waals surface area contributed by atoms with Crippen molar-refractivity contribution < 1.29 is 24.0 Å². The van der Waals surface area contributed by atoms with Crippen molar-refractivity contribution in [3.63, 3.8) is 0 Å². The average Bonchev–Trinajstić information content (AvgIpc) is 2.54. The molecule has 1 aromatic rings. The van der Waals surface area contributed by atoms with Crippen LogP contribution in [0.3, 0.4) is 0 Å². The number of methoxy groups -OCH3 is 1. The predicted molar refractivity (Wildman–Crippen MR) is 76.7 cm³/mol. The van der Waals surface area contributed by atoms with Gasteiger partial charge in [0, 0.05) is 12.1 Å². The van der Waals surface area contributed by atoms with E-state index < -0.39 is 16.9 Å². The van der Waals surface area contributed by atoms with E-state index in [-0.39, 0.29) is 22.9 Å². The van der Waals surface area contributed by atoms with Crippen LogP contribution < -0.4 is 0 Å². The second kappa shape index (κ2) is 7.02. The Bertz CT molecular complexity index is 592. The summed E-state index contributed by atoms with van der Waals surface area (Å²) in [5, 5.41) is 10.9. The molecule has 7 heteroatoms. The zero-order valence-corrected chi connectivity index (χ0v) is 12.2. The van der Waals surface area contributed by atoms with Crippen LogP contribution in [0.2, 0.25) is 0 Å². The van der Waals surface area contributed by atoms with Gasteiger partial charge in [0.25, 0.3) is 5.69 Å². The van der Waals surface area contributed by atoms with Gasteiger partial charge in [0.05, 0.1) is 23.2 Å². The number of nitro benzene ring substituents is 1. The summed E-state index contributed by atoms with van der Waals surface area (Å²) in [6.07, 6.45) is 4.55. The van der Waals surface area contributed by atoms with Crippen LogP contribution in [0.15, 0.2) is 18.2 Å². The number of nitro groups is 1. The van der Waals surface area contributed by atoms with E-state index in [0.717, 1.165) is 44.2 Å². The van der Waals surface area contributed by atoms with Crippen LogP contribution in [-0.2, 0) is 9.47 Å². The van der Waals surface area contributed by atoms with Gasteiger partial charge in [-0.2, -0.15) is 0 Å². The van der Waals surface area contributed by atoms with Gasteiger partial charge in [0.15, 0.2) is 0 Å². The lowest BCUT2D eigenvalue weighted by Crippen LogP contribution is -2.21. The van der Waals surface area contributed by atoms with E-state index in [0.29, 0.717) is 0 Å². The maximum absolute atomic E-state index is 12.2. The smallest absolute Gasteiger partial charge is 0.338 e. The van der Waals surface area contributed by atoms with Crippen molar-refractivity contribution in [3.8, 4) is 0 Å². The number of non-ortho nitro benzene ring substituents is 1. The summed E-state index contributed by atoms with van der Waals surface area (Å²) in [4.78, 5) is 34.0. The third kappa shape index (κ3) is 3.81. The van der Waals surface area contributed by atoms with Crippen molar-refractivity contribution in [2.45, 2.75) is 38.2 Å². The van der Waals surface area contributed by atoms with E-state index in [2.05, 4.69) is 4.74 Å². The van der Waals surface area contributed by atoms with Crippen molar-refractivity contribution >= 4 is 17.6 Å². The maximum atomic E-state index is 12.2. The lowest BCUT2D eigenvalue weighted by molar-refractivity contribution is -0.384. The van der Waals surface area contributed by atoms with Gasteiger partial charge in [-0.15, -0.1) is 0 Å². The Morgan fingerprint density at radius 2 is 1.68 bits per heavy atom. The Kier molecular flexibility index (Phi) is 5.08. The summed E-state index contributed by atoms with van der Waals surface area (Å²) in [5.74, 6) is -1.39. The third-order valence-corrected chi connectivity index (χ3v) is 3.61. The topological polar surface area (TPSA) is 95.7 Å². The van der Waals surface area contributed by atoms with Crippen molar-refractivity contribution in [3.05, 3.63) is 39.4 Å². The largest absolute Gasteiger partial charge is 0.465 e. The number of carbonyl (C=O) groups is 2. The van der Waals surface area contributed by atoms with E-state index in [1.165, 1.54) is 13.2 Å². The number of esters is 2. The van der Waals surface area contributed by atoms with Crippen LogP contribution in [0.4, 0.5) is 5.69 Å². The fourth-order valence-electron chi connectivity index (χ4n) is 2.47. The molecule has 0 aromatic heterocycles. The molecule has 1 aliphatic rings. The van der Waals surface area contributed by atoms with E-state index in [1.807, 2.05) is 0 Å². The van der Waals surface area contributed by atoms with Crippen molar-refractivity contribution in [2.75, 3.05) is 7.11 Å². The lowest BCUT2D eigenvalue weighted by atomic mass is 9.98. The van der Waals surface area contributed by atoms with Gasteiger partial charge < -0.3 is 9.47 Å². The highest BCUT2D eigenvalue weighted by molar-refractivity contribution is 5.96. The molecule has 7 nitrogen and oxygen atoms in total. The minimum absolute atomic E-state index is 0.0137. The molecule has 2 rings (SSSR count). The van der Waals surface area contributed by atoms with Gasteiger partial charge in [-0.05, 0) is 31.7 Å². The highest BCUT2D eigenvalue weighted by Gasteiger charge is 2.22. The van der Waals surface area contributed by atoms with Crippen LogP contribution in [0.1, 0.15) is 52.8 Å². The number of hydrogen-bond donors (Lipinski definition) is 0. The standard InChI is InChI=1S/C15H17NO6/c1-21-14(17)10-7-11(9-12(8-10)16(19)20)15(18)22-13-5-3-2-4-6-13/h7-9,13H,2-6H2,1H3. The van der Waals surface area contributed by atoms with E-state index >= 15 is 0 Å². The lowest BCUT2D eigenvalue weighted by Gasteiger charge is -2.21. The predicted octanol–water partition coefficient (Wildman–Crippen LogP) is 2.87. The van der Waals surface area contributed by atoms with Crippen molar-refractivity contribution in [1.29, 1.82) is 0 Å². The number of carbonyl (C=O) groups excluding carboxylic acids is 2. The summed E-state index contributed by atoms with van der Waals surface area (Å²) in [6.45, 7) is 0. The SMILES string of the molecule is COC(=O)c1cc(C(=O)OC2CCCCC2)cc([N+](=O)[O-])c1.